The van der Waals surface area contributed by atoms with Gasteiger partial charge in [0.2, 0.25) is 0 Å². The number of rotatable bonds is 4. The third kappa shape index (κ3) is 4.26. The number of fused-ring (bicyclic) bond motifs is 4. The maximum absolute atomic E-state index is 5.06. The fourth-order valence-electron chi connectivity index (χ4n) is 5.48. The molecule has 0 saturated carbocycles. The molecule has 8 aromatic rings. The lowest BCUT2D eigenvalue weighted by Crippen LogP contribution is -2.00. The standard InChI is InChI=1S/C37H23N3S/c1-2-10-26(11-3-1)35-38-36(27-20-17-25(18-21-27)29-22-19-24-9-4-5-12-28(24)23-29)40-37(39-35)31-14-8-16-33-34(31)30-13-6-7-15-32(30)41-33/h1-23H. The molecule has 0 radical (unpaired) electrons. The van der Waals surface area contributed by atoms with Gasteiger partial charge < -0.3 is 0 Å². The van der Waals surface area contributed by atoms with E-state index in [0.29, 0.717) is 17.5 Å². The molecule has 0 aliphatic heterocycles. The first-order valence-corrected chi connectivity index (χ1v) is 14.4. The van der Waals surface area contributed by atoms with Crippen molar-refractivity contribution in [3.05, 3.63) is 140 Å². The minimum Gasteiger partial charge on any atom is -0.208 e. The van der Waals surface area contributed by atoms with Crippen molar-refractivity contribution in [1.29, 1.82) is 0 Å². The monoisotopic (exact) mass is 541 g/mol. The van der Waals surface area contributed by atoms with Crippen LogP contribution in [0.15, 0.2) is 140 Å². The minimum atomic E-state index is 0.662. The van der Waals surface area contributed by atoms with Gasteiger partial charge in [0.15, 0.2) is 17.5 Å². The lowest BCUT2D eigenvalue weighted by molar-refractivity contribution is 1.08. The summed E-state index contributed by atoms with van der Waals surface area (Å²) in [7, 11) is 0. The Balaban J connectivity index is 1.28. The largest absolute Gasteiger partial charge is 0.208 e. The molecule has 0 saturated heterocycles. The highest BCUT2D eigenvalue weighted by atomic mass is 32.1. The number of aromatic nitrogens is 3. The van der Waals surface area contributed by atoms with Gasteiger partial charge in [0.25, 0.3) is 0 Å². The lowest BCUT2D eigenvalue weighted by Gasteiger charge is -2.10. The lowest BCUT2D eigenvalue weighted by atomic mass is 10.00. The summed E-state index contributed by atoms with van der Waals surface area (Å²) >= 11 is 1.80. The van der Waals surface area contributed by atoms with Gasteiger partial charge in [-0.05, 0) is 40.1 Å². The molecule has 0 aliphatic carbocycles. The molecule has 2 heterocycles. The molecule has 0 N–H and O–H groups in total. The van der Waals surface area contributed by atoms with E-state index >= 15 is 0 Å². The average molecular weight is 542 g/mol. The van der Waals surface area contributed by atoms with E-state index in [1.807, 2.05) is 30.3 Å². The summed E-state index contributed by atoms with van der Waals surface area (Å²) in [5.41, 5.74) is 5.29. The van der Waals surface area contributed by atoms with Crippen LogP contribution in [0.4, 0.5) is 0 Å². The van der Waals surface area contributed by atoms with Gasteiger partial charge in [0.1, 0.15) is 0 Å². The Morgan fingerprint density at radius 2 is 1.00 bits per heavy atom. The first-order valence-electron chi connectivity index (χ1n) is 13.6. The predicted octanol–water partition coefficient (Wildman–Crippen LogP) is 10.1. The first kappa shape index (κ1) is 23.7. The molecule has 0 aliphatic rings. The van der Waals surface area contributed by atoms with Crippen LogP contribution >= 0.6 is 11.3 Å². The van der Waals surface area contributed by atoms with Crippen LogP contribution in [0.5, 0.6) is 0 Å². The Bertz CT molecular complexity index is 2200. The molecule has 0 spiro atoms. The summed E-state index contributed by atoms with van der Waals surface area (Å²) in [5, 5.41) is 4.90. The van der Waals surface area contributed by atoms with E-state index in [0.717, 1.165) is 22.3 Å². The second-order valence-corrected chi connectivity index (χ2v) is 11.2. The molecule has 192 valence electrons. The number of benzene rings is 6. The van der Waals surface area contributed by atoms with Gasteiger partial charge in [-0.15, -0.1) is 11.3 Å². The van der Waals surface area contributed by atoms with Gasteiger partial charge in [0.05, 0.1) is 0 Å². The number of hydrogen-bond acceptors (Lipinski definition) is 4. The zero-order valence-electron chi connectivity index (χ0n) is 22.0. The summed E-state index contributed by atoms with van der Waals surface area (Å²) < 4.78 is 2.49. The van der Waals surface area contributed by atoms with Gasteiger partial charge in [0, 0.05) is 36.9 Å². The molecule has 0 fully saturated rings. The van der Waals surface area contributed by atoms with Crippen molar-refractivity contribution in [3.63, 3.8) is 0 Å². The summed E-state index contributed by atoms with van der Waals surface area (Å²) in [6, 6.07) is 48.7. The average Bonchev–Trinajstić information content (AvgIpc) is 3.44. The number of thiophene rings is 1. The van der Waals surface area contributed by atoms with E-state index in [1.165, 1.54) is 36.5 Å². The van der Waals surface area contributed by atoms with Crippen molar-refractivity contribution in [2.75, 3.05) is 0 Å². The van der Waals surface area contributed by atoms with Gasteiger partial charge in [-0.2, -0.15) is 0 Å². The molecular formula is C37H23N3S. The van der Waals surface area contributed by atoms with Crippen molar-refractivity contribution in [2.45, 2.75) is 0 Å². The molecule has 0 atom stereocenters. The SMILES string of the molecule is c1ccc(-c2nc(-c3ccc(-c4ccc5ccccc5c4)cc3)nc(-c3cccc4sc5ccccc5c34)n2)cc1. The van der Waals surface area contributed by atoms with Crippen LogP contribution in [0.25, 0.3) is 76.2 Å². The van der Waals surface area contributed by atoms with Crippen LogP contribution in [0.2, 0.25) is 0 Å². The Morgan fingerprint density at radius 3 is 1.83 bits per heavy atom. The molecule has 0 amide bonds. The normalized spacial score (nSPS) is 11.4. The third-order valence-corrected chi connectivity index (χ3v) is 8.67. The van der Waals surface area contributed by atoms with Crippen molar-refractivity contribution < 1.29 is 0 Å². The van der Waals surface area contributed by atoms with E-state index in [-0.39, 0.29) is 0 Å². The Morgan fingerprint density at radius 1 is 0.390 bits per heavy atom. The molecule has 41 heavy (non-hydrogen) atoms. The molecule has 3 nitrogen and oxygen atoms in total. The second-order valence-electron chi connectivity index (χ2n) is 10.1. The van der Waals surface area contributed by atoms with E-state index < -0.39 is 0 Å². The van der Waals surface area contributed by atoms with Gasteiger partial charge in [-0.1, -0.05) is 121 Å². The molecular weight excluding hydrogens is 518 g/mol. The van der Waals surface area contributed by atoms with E-state index in [2.05, 4.69) is 109 Å². The zero-order valence-corrected chi connectivity index (χ0v) is 22.8. The fourth-order valence-corrected chi connectivity index (χ4v) is 6.62. The highest BCUT2D eigenvalue weighted by molar-refractivity contribution is 7.25. The predicted molar refractivity (Wildman–Crippen MR) is 172 cm³/mol. The van der Waals surface area contributed by atoms with Crippen LogP contribution in [0.1, 0.15) is 0 Å². The van der Waals surface area contributed by atoms with Crippen LogP contribution in [-0.2, 0) is 0 Å². The molecule has 6 aromatic carbocycles. The number of nitrogens with zero attached hydrogens (tertiary/aromatic N) is 3. The zero-order chi connectivity index (χ0) is 27.2. The quantitative estimate of drug-likeness (QED) is 0.222. The minimum absolute atomic E-state index is 0.662. The van der Waals surface area contributed by atoms with Crippen molar-refractivity contribution in [3.8, 4) is 45.3 Å². The van der Waals surface area contributed by atoms with Crippen molar-refractivity contribution >= 4 is 42.3 Å². The van der Waals surface area contributed by atoms with E-state index in [1.54, 1.807) is 11.3 Å². The molecule has 0 unspecified atom stereocenters. The molecule has 8 rings (SSSR count). The highest BCUT2D eigenvalue weighted by Gasteiger charge is 2.16. The maximum Gasteiger partial charge on any atom is 0.164 e. The smallest absolute Gasteiger partial charge is 0.164 e. The van der Waals surface area contributed by atoms with Crippen molar-refractivity contribution in [2.24, 2.45) is 0 Å². The topological polar surface area (TPSA) is 38.7 Å². The molecule has 2 aromatic heterocycles. The molecule has 4 heteroatoms. The Kier molecular flexibility index (Phi) is 5.64. The first-order chi connectivity index (χ1) is 20.3. The summed E-state index contributed by atoms with van der Waals surface area (Å²) in [5.74, 6) is 2.01. The van der Waals surface area contributed by atoms with E-state index in [4.69, 9.17) is 15.0 Å². The summed E-state index contributed by atoms with van der Waals surface area (Å²) in [6.07, 6.45) is 0. The van der Waals surface area contributed by atoms with Gasteiger partial charge in [-0.25, -0.2) is 15.0 Å². The highest BCUT2D eigenvalue weighted by Crippen LogP contribution is 2.39. The van der Waals surface area contributed by atoms with Gasteiger partial charge >= 0.3 is 0 Å². The van der Waals surface area contributed by atoms with E-state index in [9.17, 15) is 0 Å². The van der Waals surface area contributed by atoms with Crippen LogP contribution in [0.3, 0.4) is 0 Å². The molecule has 0 bridgehead atoms. The summed E-state index contributed by atoms with van der Waals surface area (Å²) in [6.45, 7) is 0. The number of hydrogen-bond donors (Lipinski definition) is 0. The third-order valence-electron chi connectivity index (χ3n) is 7.54. The summed E-state index contributed by atoms with van der Waals surface area (Å²) in [4.78, 5) is 15.0. The Hall–Kier alpha value is -5.19. The van der Waals surface area contributed by atoms with Crippen LogP contribution in [-0.4, -0.2) is 15.0 Å². The Labute approximate surface area is 241 Å². The van der Waals surface area contributed by atoms with Crippen molar-refractivity contribution in [1.82, 2.24) is 15.0 Å². The van der Waals surface area contributed by atoms with Gasteiger partial charge in [-0.3, -0.25) is 0 Å². The second kappa shape index (κ2) is 9.77. The van der Waals surface area contributed by atoms with Crippen LogP contribution in [0, 0.1) is 0 Å². The maximum atomic E-state index is 5.06. The fraction of sp³-hybridized carbons (Fsp3) is 0. The van der Waals surface area contributed by atoms with Crippen LogP contribution < -0.4 is 0 Å².